The van der Waals surface area contributed by atoms with Gasteiger partial charge in [-0.05, 0) is 62.4 Å². The van der Waals surface area contributed by atoms with Crippen LogP contribution in [0.4, 0.5) is 10.1 Å². The number of anilines is 1. The van der Waals surface area contributed by atoms with Gasteiger partial charge < -0.3 is 24.1 Å². The third-order valence-corrected chi connectivity index (χ3v) is 5.19. The van der Waals surface area contributed by atoms with Crippen LogP contribution in [0.25, 0.3) is 5.69 Å². The highest BCUT2D eigenvalue weighted by atomic mass is 19.1. The minimum atomic E-state index is -0.738. The van der Waals surface area contributed by atoms with E-state index in [0.717, 1.165) is 0 Å². The van der Waals surface area contributed by atoms with Crippen molar-refractivity contribution in [2.45, 2.75) is 13.8 Å². The smallest absolute Gasteiger partial charge is 0.340 e. The molecule has 1 amide bonds. The molecule has 0 aliphatic rings. The number of halogens is 1. The molecule has 35 heavy (non-hydrogen) atoms. The largest absolute Gasteiger partial charge is 0.465 e. The topological polar surface area (TPSA) is 113 Å². The number of ether oxygens (including phenoxy) is 3. The first kappa shape index (κ1) is 25.2. The van der Waals surface area contributed by atoms with E-state index in [1.54, 1.807) is 36.6 Å². The summed E-state index contributed by atoms with van der Waals surface area (Å²) in [4.78, 5) is 49.0. The molecule has 0 spiro atoms. The van der Waals surface area contributed by atoms with Crippen LogP contribution >= 0.6 is 0 Å². The molecule has 0 bridgehead atoms. The maximum Gasteiger partial charge on any atom is 0.340 e. The number of methoxy groups -OCH3 is 2. The number of aromatic nitrogens is 1. The van der Waals surface area contributed by atoms with Crippen molar-refractivity contribution < 1.29 is 37.8 Å². The Kier molecular flexibility index (Phi) is 7.65. The SMILES string of the molecule is COC(=O)c1ccc(C(=O)OC)c(NC(=O)COC(=O)c2cc(C)n(-c3ccc(F)cc3)c2C)c1. The van der Waals surface area contributed by atoms with Crippen LogP contribution < -0.4 is 5.32 Å². The Hall–Kier alpha value is -4.47. The van der Waals surface area contributed by atoms with Crippen molar-refractivity contribution in [2.24, 2.45) is 0 Å². The number of carbonyl (C=O) groups excluding carboxylic acids is 4. The highest BCUT2D eigenvalue weighted by Crippen LogP contribution is 2.22. The summed E-state index contributed by atoms with van der Waals surface area (Å²) >= 11 is 0. The average Bonchev–Trinajstić information content (AvgIpc) is 3.15. The summed E-state index contributed by atoms with van der Waals surface area (Å²) in [5.74, 6) is -3.26. The molecule has 3 aromatic rings. The van der Waals surface area contributed by atoms with Crippen LogP contribution in [0, 0.1) is 19.7 Å². The van der Waals surface area contributed by atoms with E-state index in [1.165, 1.54) is 44.6 Å². The lowest BCUT2D eigenvalue weighted by Gasteiger charge is -2.12. The summed E-state index contributed by atoms with van der Waals surface area (Å²) in [6.07, 6.45) is 0. The molecule has 0 aliphatic carbocycles. The van der Waals surface area contributed by atoms with Crippen LogP contribution in [0.5, 0.6) is 0 Å². The molecule has 1 heterocycles. The van der Waals surface area contributed by atoms with Crippen molar-refractivity contribution in [1.29, 1.82) is 0 Å². The molecule has 1 N–H and O–H groups in total. The average molecular weight is 482 g/mol. The number of hydrogen-bond donors (Lipinski definition) is 1. The molecule has 10 heteroatoms. The van der Waals surface area contributed by atoms with E-state index in [-0.39, 0.29) is 28.2 Å². The van der Waals surface area contributed by atoms with Crippen molar-refractivity contribution in [3.05, 3.63) is 82.4 Å². The lowest BCUT2D eigenvalue weighted by molar-refractivity contribution is -0.119. The van der Waals surface area contributed by atoms with E-state index in [1.807, 2.05) is 0 Å². The molecule has 0 radical (unpaired) electrons. The fraction of sp³-hybridized carbons (Fsp3) is 0.200. The molecule has 0 unspecified atom stereocenters. The minimum Gasteiger partial charge on any atom is -0.465 e. The molecule has 3 rings (SSSR count). The van der Waals surface area contributed by atoms with Gasteiger partial charge in [0.15, 0.2) is 6.61 Å². The summed E-state index contributed by atoms with van der Waals surface area (Å²) in [6, 6.07) is 11.3. The number of nitrogens with zero attached hydrogens (tertiary/aromatic N) is 1. The number of amides is 1. The summed E-state index contributed by atoms with van der Waals surface area (Å²) in [5.41, 5.74) is 2.27. The Balaban J connectivity index is 1.74. The van der Waals surface area contributed by atoms with Crippen molar-refractivity contribution in [3.8, 4) is 5.69 Å². The molecule has 0 saturated heterocycles. The Morgan fingerprint density at radius 2 is 1.51 bits per heavy atom. The third kappa shape index (κ3) is 5.55. The number of aryl methyl sites for hydroxylation is 1. The van der Waals surface area contributed by atoms with Gasteiger partial charge in [-0.1, -0.05) is 0 Å². The maximum atomic E-state index is 13.3. The van der Waals surface area contributed by atoms with Gasteiger partial charge >= 0.3 is 17.9 Å². The Bertz CT molecular complexity index is 1300. The van der Waals surface area contributed by atoms with Gasteiger partial charge in [0, 0.05) is 17.1 Å². The molecule has 0 saturated carbocycles. The molecule has 0 fully saturated rings. The van der Waals surface area contributed by atoms with Crippen LogP contribution in [-0.4, -0.2) is 49.2 Å². The van der Waals surface area contributed by atoms with E-state index in [9.17, 15) is 23.6 Å². The van der Waals surface area contributed by atoms with Gasteiger partial charge in [0.05, 0.1) is 36.6 Å². The quantitative estimate of drug-likeness (QED) is 0.404. The fourth-order valence-electron chi connectivity index (χ4n) is 3.53. The van der Waals surface area contributed by atoms with Gasteiger partial charge in [-0.25, -0.2) is 18.8 Å². The van der Waals surface area contributed by atoms with Crippen molar-refractivity contribution in [1.82, 2.24) is 4.57 Å². The number of nitrogens with one attached hydrogen (secondary N) is 1. The minimum absolute atomic E-state index is 0.00248. The zero-order valence-corrected chi connectivity index (χ0v) is 19.5. The molecule has 2 aromatic carbocycles. The van der Waals surface area contributed by atoms with E-state index < -0.39 is 30.4 Å². The zero-order valence-electron chi connectivity index (χ0n) is 19.5. The maximum absolute atomic E-state index is 13.3. The van der Waals surface area contributed by atoms with Gasteiger partial charge in [0.1, 0.15) is 5.82 Å². The summed E-state index contributed by atoms with van der Waals surface area (Å²) in [5, 5.41) is 2.45. The monoisotopic (exact) mass is 482 g/mol. The Morgan fingerprint density at radius 3 is 2.14 bits per heavy atom. The number of hydrogen-bond acceptors (Lipinski definition) is 7. The van der Waals surface area contributed by atoms with Crippen LogP contribution in [0.3, 0.4) is 0 Å². The predicted molar refractivity (Wildman–Crippen MR) is 123 cm³/mol. The number of benzene rings is 2. The van der Waals surface area contributed by atoms with Crippen LogP contribution in [0.1, 0.15) is 42.5 Å². The van der Waals surface area contributed by atoms with Crippen molar-refractivity contribution in [3.63, 3.8) is 0 Å². The van der Waals surface area contributed by atoms with Gasteiger partial charge in [0.25, 0.3) is 5.91 Å². The van der Waals surface area contributed by atoms with Gasteiger partial charge in [0.2, 0.25) is 0 Å². The Morgan fingerprint density at radius 1 is 0.857 bits per heavy atom. The molecule has 0 atom stereocenters. The van der Waals surface area contributed by atoms with E-state index >= 15 is 0 Å². The lowest BCUT2D eigenvalue weighted by atomic mass is 10.1. The van der Waals surface area contributed by atoms with Gasteiger partial charge in [-0.3, -0.25) is 4.79 Å². The molecule has 9 nitrogen and oxygen atoms in total. The number of rotatable bonds is 7. The van der Waals surface area contributed by atoms with E-state index in [0.29, 0.717) is 17.1 Å². The van der Waals surface area contributed by atoms with E-state index in [2.05, 4.69) is 10.1 Å². The second kappa shape index (κ2) is 10.6. The fourth-order valence-corrected chi connectivity index (χ4v) is 3.53. The summed E-state index contributed by atoms with van der Waals surface area (Å²) in [7, 11) is 2.37. The van der Waals surface area contributed by atoms with Crippen molar-refractivity contribution >= 4 is 29.5 Å². The first-order valence-corrected chi connectivity index (χ1v) is 10.4. The van der Waals surface area contributed by atoms with Crippen molar-refractivity contribution in [2.75, 3.05) is 26.1 Å². The van der Waals surface area contributed by atoms with Crippen LogP contribution in [-0.2, 0) is 19.0 Å². The standard InChI is InChI=1S/C25H23FN2O7/c1-14-11-20(15(2)28(14)18-8-6-17(26)7-9-18)25(32)35-13-22(29)27-21-12-16(23(30)33-3)5-10-19(21)24(31)34-4/h5-12H,13H2,1-4H3,(H,27,29). The highest BCUT2D eigenvalue weighted by molar-refractivity contribution is 6.04. The molecular weight excluding hydrogens is 459 g/mol. The van der Waals surface area contributed by atoms with Crippen LogP contribution in [0.2, 0.25) is 0 Å². The normalized spacial score (nSPS) is 10.4. The first-order chi connectivity index (χ1) is 16.7. The molecule has 182 valence electrons. The third-order valence-electron chi connectivity index (χ3n) is 5.19. The summed E-state index contributed by atoms with van der Waals surface area (Å²) < 4.78 is 29.5. The second-order valence-corrected chi connectivity index (χ2v) is 7.46. The highest BCUT2D eigenvalue weighted by Gasteiger charge is 2.21. The van der Waals surface area contributed by atoms with Gasteiger partial charge in [-0.15, -0.1) is 0 Å². The second-order valence-electron chi connectivity index (χ2n) is 7.46. The zero-order chi connectivity index (χ0) is 25.7. The first-order valence-electron chi connectivity index (χ1n) is 10.4. The molecule has 0 aliphatic heterocycles. The van der Waals surface area contributed by atoms with E-state index in [4.69, 9.17) is 9.47 Å². The molecular formula is C25H23FN2O7. The number of carbonyl (C=O) groups is 4. The summed E-state index contributed by atoms with van der Waals surface area (Å²) in [6.45, 7) is 2.83. The lowest BCUT2D eigenvalue weighted by Crippen LogP contribution is -2.23. The number of esters is 3. The van der Waals surface area contributed by atoms with Gasteiger partial charge in [-0.2, -0.15) is 0 Å². The predicted octanol–water partition coefficient (Wildman–Crippen LogP) is 3.60. The molecule has 1 aromatic heterocycles. The Labute approximate surface area is 200 Å². The van der Waals surface area contributed by atoms with Crippen LogP contribution in [0.15, 0.2) is 48.5 Å².